The number of carboxylic acid groups (broad SMARTS) is 1. The Morgan fingerprint density at radius 3 is 2.14 bits per heavy atom. The van der Waals surface area contributed by atoms with Gasteiger partial charge in [-0.15, -0.1) is 0 Å². The normalized spacial score (nSPS) is 17.7. The van der Waals surface area contributed by atoms with Gasteiger partial charge in [0.05, 0.1) is 10.4 Å². The number of anilines is 2. The van der Waals surface area contributed by atoms with E-state index in [4.69, 9.17) is 31.5 Å². The second-order valence-electron chi connectivity index (χ2n) is 11.2. The Morgan fingerprint density at radius 1 is 0.976 bits per heavy atom. The highest BCUT2D eigenvalue weighted by molar-refractivity contribution is 7.89. The fourth-order valence-corrected chi connectivity index (χ4v) is 5.84. The number of rotatable bonds is 8. The molecule has 2 aromatic carbocycles. The number of hydrogen-bond donors (Lipinski definition) is 4. The van der Waals surface area contributed by atoms with E-state index >= 15 is 0 Å². The van der Waals surface area contributed by atoms with Gasteiger partial charge in [0.15, 0.2) is 0 Å². The zero-order valence-corrected chi connectivity index (χ0v) is 25.1. The number of carbonyl (C=O) groups is 1. The van der Waals surface area contributed by atoms with Gasteiger partial charge in [0.25, 0.3) is 0 Å². The van der Waals surface area contributed by atoms with Crippen molar-refractivity contribution >= 4 is 50.3 Å². The Kier molecular flexibility index (Phi) is 11.0. The first-order valence-corrected chi connectivity index (χ1v) is 15.2. The summed E-state index contributed by atoms with van der Waals surface area (Å²) in [5.41, 5.74) is 0.800. The zero-order valence-electron chi connectivity index (χ0n) is 23.5. The minimum atomic E-state index is -5.08. The SMILES string of the molecule is CC(C)(C)Nc1nc(NCC2CCC(CNS(=O)(=O)c3cccc(Cl)c3)CC2)nc2ccccc12.O=C(O)C(F)(F)F. The summed E-state index contributed by atoms with van der Waals surface area (Å²) in [6, 6.07) is 14.4. The van der Waals surface area contributed by atoms with Crippen molar-refractivity contribution in [3.63, 3.8) is 0 Å². The molecule has 0 aliphatic heterocycles. The number of aliphatic carboxylic acids is 1. The summed E-state index contributed by atoms with van der Waals surface area (Å²) in [5, 5.41) is 15.5. The molecular weight excluding hydrogens is 595 g/mol. The smallest absolute Gasteiger partial charge is 0.475 e. The first kappa shape index (κ1) is 33.3. The second kappa shape index (κ2) is 13.9. The van der Waals surface area contributed by atoms with Gasteiger partial charge in [-0.25, -0.2) is 22.9 Å². The molecule has 0 amide bonds. The molecule has 1 heterocycles. The fraction of sp³-hybridized carbons (Fsp3) is 0.464. The number of aromatic nitrogens is 2. The quantitative estimate of drug-likeness (QED) is 0.227. The van der Waals surface area contributed by atoms with Crippen LogP contribution in [0.25, 0.3) is 10.9 Å². The van der Waals surface area contributed by atoms with Gasteiger partial charge in [-0.05, 0) is 88.6 Å². The Morgan fingerprint density at radius 2 is 1.57 bits per heavy atom. The highest BCUT2D eigenvalue weighted by Crippen LogP contribution is 2.30. The van der Waals surface area contributed by atoms with Gasteiger partial charge in [-0.2, -0.15) is 18.2 Å². The maximum Gasteiger partial charge on any atom is 0.490 e. The summed E-state index contributed by atoms with van der Waals surface area (Å²) in [5.74, 6) is -0.453. The van der Waals surface area contributed by atoms with Crippen LogP contribution in [0.15, 0.2) is 53.4 Å². The summed E-state index contributed by atoms with van der Waals surface area (Å²) in [6.45, 7) is 7.60. The molecule has 42 heavy (non-hydrogen) atoms. The molecule has 0 saturated heterocycles. The molecule has 9 nitrogen and oxygen atoms in total. The Hall–Kier alpha value is -3.16. The first-order valence-electron chi connectivity index (χ1n) is 13.4. The zero-order chi connectivity index (χ0) is 31.1. The van der Waals surface area contributed by atoms with Crippen molar-refractivity contribution in [2.75, 3.05) is 23.7 Å². The average molecular weight is 630 g/mol. The standard InChI is InChI=1S/C26H34ClN5O2S.C2HF3O2/c1-26(2,3)32-24-22-9-4-5-10-23(22)30-25(31-24)28-16-18-11-13-19(14-12-18)17-29-35(33,34)21-8-6-7-20(27)15-21;3-2(4,5)1(6)7/h4-10,15,18-19,29H,11-14,16-17H2,1-3H3,(H2,28,30,31,32);(H,6,7). The molecule has 1 aromatic heterocycles. The highest BCUT2D eigenvalue weighted by atomic mass is 35.5. The van der Waals surface area contributed by atoms with Crippen LogP contribution in [0.3, 0.4) is 0 Å². The van der Waals surface area contributed by atoms with E-state index in [1.165, 1.54) is 6.07 Å². The lowest BCUT2D eigenvalue weighted by atomic mass is 9.82. The lowest BCUT2D eigenvalue weighted by Crippen LogP contribution is -2.32. The minimum Gasteiger partial charge on any atom is -0.475 e. The summed E-state index contributed by atoms with van der Waals surface area (Å²) >= 11 is 5.94. The van der Waals surface area contributed by atoms with Crippen molar-refractivity contribution in [3.05, 3.63) is 53.6 Å². The average Bonchev–Trinajstić information content (AvgIpc) is 2.90. The van der Waals surface area contributed by atoms with Gasteiger partial charge in [-0.1, -0.05) is 29.8 Å². The number of benzene rings is 2. The lowest BCUT2D eigenvalue weighted by Gasteiger charge is -2.29. The Balaban J connectivity index is 0.000000616. The molecule has 1 fully saturated rings. The van der Waals surface area contributed by atoms with Crippen LogP contribution in [0, 0.1) is 11.8 Å². The maximum atomic E-state index is 12.6. The number of hydrogen-bond acceptors (Lipinski definition) is 7. The van der Waals surface area contributed by atoms with Crippen molar-refractivity contribution in [2.45, 2.75) is 63.1 Å². The predicted molar refractivity (Wildman–Crippen MR) is 157 cm³/mol. The van der Waals surface area contributed by atoms with Crippen LogP contribution in [-0.4, -0.2) is 54.3 Å². The molecule has 4 N–H and O–H groups in total. The van der Waals surface area contributed by atoms with Gasteiger partial charge >= 0.3 is 12.1 Å². The molecule has 4 rings (SSSR count). The van der Waals surface area contributed by atoms with Crippen LogP contribution in [0.5, 0.6) is 0 Å². The molecule has 3 aromatic rings. The largest absolute Gasteiger partial charge is 0.490 e. The number of nitrogens with one attached hydrogen (secondary N) is 3. The molecular formula is C28H35ClF3N5O4S. The van der Waals surface area contributed by atoms with Gasteiger partial charge in [0, 0.05) is 29.0 Å². The molecule has 0 bridgehead atoms. The molecule has 0 unspecified atom stereocenters. The van der Waals surface area contributed by atoms with Gasteiger partial charge < -0.3 is 15.7 Å². The molecule has 0 radical (unpaired) electrons. The summed E-state index contributed by atoms with van der Waals surface area (Å²) < 4.78 is 59.6. The number of para-hydroxylation sites is 1. The molecule has 14 heteroatoms. The number of nitrogens with zero attached hydrogens (tertiary/aromatic N) is 2. The third-order valence-electron chi connectivity index (χ3n) is 6.52. The van der Waals surface area contributed by atoms with Crippen molar-refractivity contribution in [2.24, 2.45) is 11.8 Å². The van der Waals surface area contributed by atoms with E-state index in [2.05, 4.69) is 36.1 Å². The maximum absolute atomic E-state index is 12.6. The van der Waals surface area contributed by atoms with E-state index in [1.54, 1.807) is 18.2 Å². The summed E-state index contributed by atoms with van der Waals surface area (Å²) in [7, 11) is -3.55. The van der Waals surface area contributed by atoms with E-state index in [9.17, 15) is 21.6 Å². The van der Waals surface area contributed by atoms with Gasteiger partial charge in [-0.3, -0.25) is 0 Å². The summed E-state index contributed by atoms with van der Waals surface area (Å²) in [4.78, 5) is 18.6. The van der Waals surface area contributed by atoms with E-state index in [0.29, 0.717) is 29.4 Å². The number of sulfonamides is 1. The van der Waals surface area contributed by atoms with E-state index in [1.807, 2.05) is 24.3 Å². The van der Waals surface area contributed by atoms with E-state index in [-0.39, 0.29) is 10.4 Å². The van der Waals surface area contributed by atoms with E-state index in [0.717, 1.165) is 48.9 Å². The minimum absolute atomic E-state index is 0.110. The Bertz CT molecular complexity index is 1470. The van der Waals surface area contributed by atoms with E-state index < -0.39 is 22.2 Å². The third-order valence-corrected chi connectivity index (χ3v) is 8.18. The molecule has 0 spiro atoms. The molecule has 0 atom stereocenters. The topological polar surface area (TPSA) is 133 Å². The second-order valence-corrected chi connectivity index (χ2v) is 13.4. The van der Waals surface area contributed by atoms with Crippen molar-refractivity contribution in [1.82, 2.24) is 14.7 Å². The van der Waals surface area contributed by atoms with Crippen LogP contribution in [0.4, 0.5) is 24.9 Å². The number of alkyl halides is 3. The highest BCUT2D eigenvalue weighted by Gasteiger charge is 2.38. The van der Waals surface area contributed by atoms with Crippen LogP contribution in [0.2, 0.25) is 5.02 Å². The number of fused-ring (bicyclic) bond motifs is 1. The van der Waals surface area contributed by atoms with Crippen molar-refractivity contribution in [3.8, 4) is 0 Å². The number of carboxylic acids is 1. The van der Waals surface area contributed by atoms with Gasteiger partial charge in [0.2, 0.25) is 16.0 Å². The lowest BCUT2D eigenvalue weighted by molar-refractivity contribution is -0.192. The number of halogens is 4. The third kappa shape index (κ3) is 10.3. The first-order chi connectivity index (χ1) is 19.5. The van der Waals surface area contributed by atoms with Crippen LogP contribution in [-0.2, 0) is 14.8 Å². The van der Waals surface area contributed by atoms with Crippen molar-refractivity contribution in [1.29, 1.82) is 0 Å². The molecule has 1 aliphatic rings. The van der Waals surface area contributed by atoms with Gasteiger partial charge in [0.1, 0.15) is 5.82 Å². The van der Waals surface area contributed by atoms with Crippen LogP contribution >= 0.6 is 11.6 Å². The molecule has 1 saturated carbocycles. The van der Waals surface area contributed by atoms with Crippen molar-refractivity contribution < 1.29 is 31.5 Å². The monoisotopic (exact) mass is 629 g/mol. The van der Waals surface area contributed by atoms with Crippen LogP contribution < -0.4 is 15.4 Å². The summed E-state index contributed by atoms with van der Waals surface area (Å²) in [6.07, 6.45) is -1.03. The molecule has 1 aliphatic carbocycles. The predicted octanol–water partition coefficient (Wildman–Crippen LogP) is 6.32. The fourth-order valence-electron chi connectivity index (χ4n) is 4.43. The van der Waals surface area contributed by atoms with Crippen LogP contribution in [0.1, 0.15) is 46.5 Å². The molecule has 230 valence electrons. The Labute approximate surface area is 248 Å².